The van der Waals surface area contributed by atoms with Gasteiger partial charge in [-0.05, 0) is 24.3 Å². The monoisotopic (exact) mass is 416 g/mol. The smallest absolute Gasteiger partial charge is 0.278 e. The summed E-state index contributed by atoms with van der Waals surface area (Å²) in [5, 5.41) is 0. The Labute approximate surface area is 180 Å². The summed E-state index contributed by atoms with van der Waals surface area (Å²) < 4.78 is 19.7. The second-order valence-corrected chi connectivity index (χ2v) is 7.11. The van der Waals surface area contributed by atoms with Crippen LogP contribution in [0.15, 0.2) is 84.6 Å². The van der Waals surface area contributed by atoms with Gasteiger partial charge in [-0.1, -0.05) is 54.6 Å². The second-order valence-electron chi connectivity index (χ2n) is 7.11. The Kier molecular flexibility index (Phi) is 5.54. The molecule has 0 saturated heterocycles. The van der Waals surface area contributed by atoms with Gasteiger partial charge in [-0.15, -0.1) is 0 Å². The Morgan fingerprint density at radius 2 is 1.52 bits per heavy atom. The summed E-state index contributed by atoms with van der Waals surface area (Å²) in [5.74, 6) is -0.965. The van der Waals surface area contributed by atoms with E-state index in [1.54, 1.807) is 54.4 Å². The molecule has 0 fully saturated rings. The third-order valence-electron chi connectivity index (χ3n) is 5.29. The van der Waals surface area contributed by atoms with Crippen molar-refractivity contribution in [1.82, 2.24) is 4.90 Å². The van der Waals surface area contributed by atoms with Gasteiger partial charge in [0.15, 0.2) is 0 Å². The minimum atomic E-state index is -0.490. The number of nitrogens with zero attached hydrogens (tertiary/aromatic N) is 2. The largest absolute Gasteiger partial charge is 0.496 e. The number of anilines is 1. The average molecular weight is 416 g/mol. The van der Waals surface area contributed by atoms with Crippen molar-refractivity contribution in [2.75, 3.05) is 19.1 Å². The minimum Gasteiger partial charge on any atom is -0.496 e. The summed E-state index contributed by atoms with van der Waals surface area (Å²) in [6.45, 7) is -0.158. The van der Waals surface area contributed by atoms with E-state index in [0.717, 1.165) is 10.6 Å². The second kappa shape index (κ2) is 8.44. The number of amides is 2. The van der Waals surface area contributed by atoms with Crippen LogP contribution < -0.4 is 9.64 Å². The highest BCUT2D eigenvalue weighted by atomic mass is 19.1. The number of carbonyl (C=O) groups excluding carboxylic acids is 2. The number of methoxy groups -OCH3 is 1. The van der Waals surface area contributed by atoms with E-state index in [9.17, 15) is 14.0 Å². The fraction of sp³-hybridized carbons (Fsp3) is 0.120. The van der Waals surface area contributed by atoms with Gasteiger partial charge in [-0.2, -0.15) is 0 Å². The fourth-order valence-corrected chi connectivity index (χ4v) is 3.69. The zero-order chi connectivity index (χ0) is 22.0. The van der Waals surface area contributed by atoms with Gasteiger partial charge in [0.2, 0.25) is 0 Å². The van der Waals surface area contributed by atoms with Crippen LogP contribution in [0.5, 0.6) is 5.75 Å². The zero-order valence-corrected chi connectivity index (χ0v) is 17.2. The van der Waals surface area contributed by atoms with Crippen molar-refractivity contribution in [3.05, 3.63) is 102 Å². The Balaban J connectivity index is 1.84. The molecule has 31 heavy (non-hydrogen) atoms. The van der Waals surface area contributed by atoms with Crippen LogP contribution in [0.2, 0.25) is 0 Å². The van der Waals surface area contributed by atoms with Crippen molar-refractivity contribution < 1.29 is 18.7 Å². The highest BCUT2D eigenvalue weighted by Gasteiger charge is 2.42. The van der Waals surface area contributed by atoms with Crippen LogP contribution in [0, 0.1) is 5.82 Å². The van der Waals surface area contributed by atoms with Crippen LogP contribution >= 0.6 is 0 Å². The zero-order valence-electron chi connectivity index (χ0n) is 17.2. The maximum absolute atomic E-state index is 14.3. The lowest BCUT2D eigenvalue weighted by molar-refractivity contribution is -0.137. The van der Waals surface area contributed by atoms with E-state index in [1.165, 1.54) is 13.2 Å². The molecule has 3 aromatic carbocycles. The number of hydrogen-bond donors (Lipinski definition) is 0. The molecule has 156 valence electrons. The number of rotatable bonds is 6. The Morgan fingerprint density at radius 1 is 0.871 bits per heavy atom. The number of ether oxygens (including phenoxy) is 1. The molecule has 0 aromatic heterocycles. The average Bonchev–Trinajstić information content (AvgIpc) is 3.05. The van der Waals surface area contributed by atoms with Gasteiger partial charge >= 0.3 is 0 Å². The summed E-state index contributed by atoms with van der Waals surface area (Å²) in [6.07, 6.45) is 0. The van der Waals surface area contributed by atoms with E-state index in [1.807, 2.05) is 30.3 Å². The van der Waals surface area contributed by atoms with Gasteiger partial charge in [-0.3, -0.25) is 14.5 Å². The van der Waals surface area contributed by atoms with E-state index in [2.05, 4.69) is 0 Å². The molecule has 1 heterocycles. The van der Waals surface area contributed by atoms with Gasteiger partial charge in [0.25, 0.3) is 11.8 Å². The Hall–Kier alpha value is -3.93. The molecule has 1 aliphatic heterocycles. The third-order valence-corrected chi connectivity index (χ3v) is 5.29. The summed E-state index contributed by atoms with van der Waals surface area (Å²) in [6, 6.07) is 22.5. The lowest BCUT2D eigenvalue weighted by Crippen LogP contribution is -2.34. The maximum Gasteiger partial charge on any atom is 0.278 e. The fourth-order valence-electron chi connectivity index (χ4n) is 3.69. The highest BCUT2D eigenvalue weighted by Crippen LogP contribution is 2.37. The quantitative estimate of drug-likeness (QED) is 0.564. The number of hydrogen-bond acceptors (Lipinski definition) is 4. The van der Waals surface area contributed by atoms with Gasteiger partial charge in [-0.25, -0.2) is 4.39 Å². The summed E-state index contributed by atoms with van der Waals surface area (Å²) in [4.78, 5) is 29.7. The van der Waals surface area contributed by atoms with E-state index in [-0.39, 0.29) is 23.4 Å². The molecule has 0 aliphatic carbocycles. The Morgan fingerprint density at radius 3 is 2.23 bits per heavy atom. The third kappa shape index (κ3) is 3.68. The van der Waals surface area contributed by atoms with Crippen molar-refractivity contribution in [3.8, 4) is 5.75 Å². The number of halogens is 1. The molecule has 3 aromatic rings. The summed E-state index contributed by atoms with van der Waals surface area (Å²) in [5.41, 5.74) is 1.98. The molecule has 0 atom stereocenters. The predicted molar refractivity (Wildman–Crippen MR) is 117 cm³/mol. The lowest BCUT2D eigenvalue weighted by Gasteiger charge is -2.22. The van der Waals surface area contributed by atoms with Crippen LogP contribution in [0.25, 0.3) is 5.57 Å². The molecule has 0 radical (unpaired) electrons. The van der Waals surface area contributed by atoms with Crippen LogP contribution in [0.3, 0.4) is 0 Å². The molecule has 4 rings (SSSR count). The SMILES string of the molecule is COc1ccccc1C1=C(N(C)c2ccccc2)C(=O)N(Cc2ccccc2F)C1=O. The first-order valence-corrected chi connectivity index (χ1v) is 9.79. The summed E-state index contributed by atoms with van der Waals surface area (Å²) >= 11 is 0. The lowest BCUT2D eigenvalue weighted by atomic mass is 10.0. The molecule has 2 amide bonds. The first kappa shape index (κ1) is 20.3. The van der Waals surface area contributed by atoms with Crippen molar-refractivity contribution in [3.63, 3.8) is 0 Å². The van der Waals surface area contributed by atoms with Gasteiger partial charge in [0, 0.05) is 23.9 Å². The molecule has 0 bridgehead atoms. The van der Waals surface area contributed by atoms with E-state index < -0.39 is 17.6 Å². The van der Waals surface area contributed by atoms with E-state index in [0.29, 0.717) is 11.3 Å². The van der Waals surface area contributed by atoms with Crippen LogP contribution in [-0.4, -0.2) is 30.9 Å². The maximum atomic E-state index is 14.3. The molecular weight excluding hydrogens is 395 g/mol. The molecule has 5 nitrogen and oxygen atoms in total. The van der Waals surface area contributed by atoms with Crippen molar-refractivity contribution in [2.24, 2.45) is 0 Å². The van der Waals surface area contributed by atoms with Gasteiger partial charge in [0.05, 0.1) is 19.2 Å². The molecule has 0 unspecified atom stereocenters. The molecule has 0 spiro atoms. The van der Waals surface area contributed by atoms with Crippen LogP contribution in [0.4, 0.5) is 10.1 Å². The highest BCUT2D eigenvalue weighted by molar-refractivity contribution is 6.37. The number of carbonyl (C=O) groups is 2. The van der Waals surface area contributed by atoms with Gasteiger partial charge < -0.3 is 9.64 Å². The molecule has 0 saturated carbocycles. The van der Waals surface area contributed by atoms with Gasteiger partial charge in [0.1, 0.15) is 17.3 Å². The first-order valence-electron chi connectivity index (χ1n) is 9.79. The topological polar surface area (TPSA) is 49.9 Å². The predicted octanol–water partition coefficient (Wildman–Crippen LogP) is 4.25. The molecule has 0 N–H and O–H groups in total. The standard InChI is InChI=1S/C25H21FN2O3/c1-27(18-11-4-3-5-12-18)23-22(19-13-7-9-15-21(19)31-2)24(29)28(25(23)30)16-17-10-6-8-14-20(17)26/h3-15H,16H2,1-2H3. The van der Waals surface area contributed by atoms with E-state index >= 15 is 0 Å². The molecule has 1 aliphatic rings. The number of benzene rings is 3. The number of imide groups is 1. The van der Waals surface area contributed by atoms with Crippen molar-refractivity contribution in [2.45, 2.75) is 6.54 Å². The molecule has 6 heteroatoms. The first-order chi connectivity index (χ1) is 15.0. The minimum absolute atomic E-state index is 0.158. The van der Waals surface area contributed by atoms with Crippen LogP contribution in [-0.2, 0) is 16.1 Å². The van der Waals surface area contributed by atoms with Crippen molar-refractivity contribution >= 4 is 23.1 Å². The van der Waals surface area contributed by atoms with Crippen LogP contribution in [0.1, 0.15) is 11.1 Å². The normalized spacial score (nSPS) is 13.7. The Bertz CT molecular complexity index is 1170. The summed E-state index contributed by atoms with van der Waals surface area (Å²) in [7, 11) is 3.25. The van der Waals surface area contributed by atoms with E-state index in [4.69, 9.17) is 4.74 Å². The number of para-hydroxylation sites is 2. The van der Waals surface area contributed by atoms with Crippen molar-refractivity contribution in [1.29, 1.82) is 0 Å². The number of likely N-dealkylation sites (N-methyl/N-ethyl adjacent to an activating group) is 1. The molecular formula is C25H21FN2O3.